The average molecular weight is 227 g/mol. The summed E-state index contributed by atoms with van der Waals surface area (Å²) in [5.74, 6) is -1.08. The van der Waals surface area contributed by atoms with E-state index in [4.69, 9.17) is 16.7 Å². The third kappa shape index (κ3) is 1.41. The number of aromatic carboxylic acids is 1. The number of aromatic amines is 1. The molecular formula is C9H7ClN2O3. The topological polar surface area (TPSA) is 75.1 Å². The van der Waals surface area contributed by atoms with Gasteiger partial charge >= 0.3 is 11.7 Å². The van der Waals surface area contributed by atoms with Crippen molar-refractivity contribution in [1.82, 2.24) is 9.55 Å². The van der Waals surface area contributed by atoms with Crippen LogP contribution in [0.2, 0.25) is 5.02 Å². The molecule has 0 saturated heterocycles. The molecule has 1 heterocycles. The lowest BCUT2D eigenvalue weighted by Crippen LogP contribution is -2.11. The molecule has 15 heavy (non-hydrogen) atoms. The van der Waals surface area contributed by atoms with Crippen LogP contribution < -0.4 is 5.69 Å². The van der Waals surface area contributed by atoms with E-state index in [1.165, 1.54) is 16.7 Å². The van der Waals surface area contributed by atoms with Gasteiger partial charge in [-0.05, 0) is 12.1 Å². The van der Waals surface area contributed by atoms with Crippen molar-refractivity contribution >= 4 is 28.6 Å². The van der Waals surface area contributed by atoms with Gasteiger partial charge in [-0.1, -0.05) is 11.6 Å². The fourth-order valence-corrected chi connectivity index (χ4v) is 1.81. The first kappa shape index (κ1) is 9.79. The van der Waals surface area contributed by atoms with Gasteiger partial charge in [-0.15, -0.1) is 0 Å². The lowest BCUT2D eigenvalue weighted by atomic mass is 10.2. The van der Waals surface area contributed by atoms with Crippen molar-refractivity contribution in [2.45, 2.75) is 0 Å². The summed E-state index contributed by atoms with van der Waals surface area (Å²) in [6.45, 7) is 0. The minimum absolute atomic E-state index is 0.0503. The first-order chi connectivity index (χ1) is 7.00. The highest BCUT2D eigenvalue weighted by molar-refractivity contribution is 6.35. The van der Waals surface area contributed by atoms with Crippen LogP contribution in [0.15, 0.2) is 16.9 Å². The van der Waals surface area contributed by atoms with Gasteiger partial charge in [0, 0.05) is 7.05 Å². The van der Waals surface area contributed by atoms with E-state index in [0.717, 1.165) is 0 Å². The first-order valence-corrected chi connectivity index (χ1v) is 4.50. The van der Waals surface area contributed by atoms with E-state index in [1.807, 2.05) is 0 Å². The Bertz CT molecular complexity index is 612. The summed E-state index contributed by atoms with van der Waals surface area (Å²) < 4.78 is 1.34. The minimum Gasteiger partial charge on any atom is -0.478 e. The number of carbonyl (C=O) groups is 1. The maximum absolute atomic E-state index is 11.3. The number of fused-ring (bicyclic) bond motifs is 1. The van der Waals surface area contributed by atoms with Crippen molar-refractivity contribution in [2.24, 2.45) is 7.05 Å². The Balaban J connectivity index is 2.90. The van der Waals surface area contributed by atoms with Crippen molar-refractivity contribution in [1.29, 1.82) is 0 Å². The monoisotopic (exact) mass is 226 g/mol. The molecule has 2 rings (SSSR count). The number of benzene rings is 1. The van der Waals surface area contributed by atoms with E-state index in [-0.39, 0.29) is 16.3 Å². The third-order valence-corrected chi connectivity index (χ3v) is 2.48. The summed E-state index contributed by atoms with van der Waals surface area (Å²) in [5, 5.41) is 9.03. The third-order valence-electron chi connectivity index (χ3n) is 2.19. The first-order valence-electron chi connectivity index (χ1n) is 4.12. The van der Waals surface area contributed by atoms with Crippen LogP contribution in [-0.4, -0.2) is 20.6 Å². The number of aryl methyl sites for hydroxylation is 1. The zero-order chi connectivity index (χ0) is 11.2. The van der Waals surface area contributed by atoms with E-state index < -0.39 is 5.97 Å². The van der Waals surface area contributed by atoms with Crippen LogP contribution >= 0.6 is 11.6 Å². The minimum atomic E-state index is -1.08. The van der Waals surface area contributed by atoms with E-state index >= 15 is 0 Å². The van der Waals surface area contributed by atoms with Crippen molar-refractivity contribution in [2.75, 3.05) is 0 Å². The van der Waals surface area contributed by atoms with E-state index in [0.29, 0.717) is 11.0 Å². The quantitative estimate of drug-likeness (QED) is 0.768. The largest absolute Gasteiger partial charge is 0.478 e. The fourth-order valence-electron chi connectivity index (χ4n) is 1.46. The molecule has 0 spiro atoms. The second-order valence-corrected chi connectivity index (χ2v) is 3.56. The summed E-state index contributed by atoms with van der Waals surface area (Å²) in [7, 11) is 1.56. The number of nitrogens with zero attached hydrogens (tertiary/aromatic N) is 1. The number of hydrogen-bond acceptors (Lipinski definition) is 2. The van der Waals surface area contributed by atoms with Crippen LogP contribution in [-0.2, 0) is 7.05 Å². The predicted molar refractivity (Wildman–Crippen MR) is 55.5 cm³/mol. The van der Waals surface area contributed by atoms with Gasteiger partial charge in [0.15, 0.2) is 0 Å². The molecule has 2 N–H and O–H groups in total. The molecule has 0 fully saturated rings. The van der Waals surface area contributed by atoms with Crippen LogP contribution in [0.25, 0.3) is 11.0 Å². The van der Waals surface area contributed by atoms with Gasteiger partial charge in [0.2, 0.25) is 0 Å². The van der Waals surface area contributed by atoms with Gasteiger partial charge in [-0.2, -0.15) is 0 Å². The number of halogens is 1. The maximum Gasteiger partial charge on any atom is 0.335 e. The van der Waals surface area contributed by atoms with E-state index in [2.05, 4.69) is 4.98 Å². The highest BCUT2D eigenvalue weighted by atomic mass is 35.5. The van der Waals surface area contributed by atoms with Crippen molar-refractivity contribution in [3.05, 3.63) is 33.2 Å². The van der Waals surface area contributed by atoms with Crippen LogP contribution in [0.3, 0.4) is 0 Å². The van der Waals surface area contributed by atoms with Crippen LogP contribution in [0.1, 0.15) is 10.4 Å². The zero-order valence-electron chi connectivity index (χ0n) is 7.74. The second kappa shape index (κ2) is 3.13. The molecule has 0 aliphatic carbocycles. The lowest BCUT2D eigenvalue weighted by molar-refractivity contribution is 0.0697. The average Bonchev–Trinajstić information content (AvgIpc) is 2.42. The standard InChI is InChI=1S/C9H7ClN2O3/c1-12-7-5(10)2-4(8(13)14)3-6(7)11-9(12)15/h2-3H,1H3,(H,11,15)(H,13,14). The molecule has 6 heteroatoms. The zero-order valence-corrected chi connectivity index (χ0v) is 8.50. The van der Waals surface area contributed by atoms with Crippen molar-refractivity contribution in [3.8, 4) is 0 Å². The van der Waals surface area contributed by atoms with Gasteiger partial charge < -0.3 is 10.1 Å². The lowest BCUT2D eigenvalue weighted by Gasteiger charge is -1.99. The Hall–Kier alpha value is -1.75. The van der Waals surface area contributed by atoms with E-state index in [9.17, 15) is 9.59 Å². The summed E-state index contributed by atoms with van der Waals surface area (Å²) in [6.07, 6.45) is 0. The van der Waals surface area contributed by atoms with Crippen LogP contribution in [0.5, 0.6) is 0 Å². The molecule has 0 atom stereocenters. The number of carboxylic acid groups (broad SMARTS) is 1. The number of rotatable bonds is 1. The molecule has 2 aromatic rings. The number of hydrogen-bond donors (Lipinski definition) is 2. The number of aromatic nitrogens is 2. The summed E-state index contributed by atoms with van der Waals surface area (Å²) in [4.78, 5) is 24.5. The fraction of sp³-hybridized carbons (Fsp3) is 0.111. The smallest absolute Gasteiger partial charge is 0.335 e. The van der Waals surface area contributed by atoms with Crippen LogP contribution in [0.4, 0.5) is 0 Å². The van der Waals surface area contributed by atoms with Crippen molar-refractivity contribution < 1.29 is 9.90 Å². The molecule has 0 aliphatic heterocycles. The molecule has 0 amide bonds. The SMILES string of the molecule is Cn1c(=O)[nH]c2cc(C(=O)O)cc(Cl)c21. The summed E-state index contributed by atoms with van der Waals surface area (Å²) in [6, 6.07) is 2.70. The Morgan fingerprint density at radius 2 is 2.20 bits per heavy atom. The molecule has 1 aromatic heterocycles. The molecule has 0 unspecified atom stereocenters. The molecule has 0 bridgehead atoms. The molecule has 5 nitrogen and oxygen atoms in total. The molecule has 0 radical (unpaired) electrons. The highest BCUT2D eigenvalue weighted by Crippen LogP contribution is 2.22. The Morgan fingerprint density at radius 1 is 1.53 bits per heavy atom. The molecular weight excluding hydrogens is 220 g/mol. The normalized spacial score (nSPS) is 10.8. The Labute approximate surface area is 88.9 Å². The predicted octanol–water partition coefficient (Wildman–Crippen LogP) is 1.22. The van der Waals surface area contributed by atoms with Gasteiger partial charge in [-0.25, -0.2) is 9.59 Å². The van der Waals surface area contributed by atoms with Crippen LogP contribution in [0, 0.1) is 0 Å². The van der Waals surface area contributed by atoms with Gasteiger partial charge in [-0.3, -0.25) is 4.57 Å². The summed E-state index contributed by atoms with van der Waals surface area (Å²) >= 11 is 5.88. The van der Waals surface area contributed by atoms with Gasteiger partial charge in [0.05, 0.1) is 21.6 Å². The number of imidazole rings is 1. The molecule has 0 saturated carbocycles. The Morgan fingerprint density at radius 3 is 2.80 bits per heavy atom. The number of H-pyrrole nitrogens is 1. The summed E-state index contributed by atoms with van der Waals surface area (Å²) in [5.41, 5.74) is 0.655. The van der Waals surface area contributed by atoms with Gasteiger partial charge in [0.25, 0.3) is 0 Å². The molecule has 1 aromatic carbocycles. The van der Waals surface area contributed by atoms with Gasteiger partial charge in [0.1, 0.15) is 0 Å². The maximum atomic E-state index is 11.3. The molecule has 78 valence electrons. The van der Waals surface area contributed by atoms with E-state index in [1.54, 1.807) is 7.05 Å². The second-order valence-electron chi connectivity index (χ2n) is 3.15. The Kier molecular flexibility index (Phi) is 2.04. The molecule has 0 aliphatic rings. The number of nitrogens with one attached hydrogen (secondary N) is 1. The highest BCUT2D eigenvalue weighted by Gasteiger charge is 2.12. The van der Waals surface area contributed by atoms with Crippen molar-refractivity contribution in [3.63, 3.8) is 0 Å². The number of carboxylic acids is 1.